The van der Waals surface area contributed by atoms with Crippen molar-refractivity contribution in [1.82, 2.24) is 0 Å². The number of rotatable bonds is 4. The van der Waals surface area contributed by atoms with Crippen LogP contribution >= 0.6 is 11.8 Å². The molecular weight excluding hydrogens is 304 g/mol. The monoisotopic (exact) mass is 318 g/mol. The molecule has 114 valence electrons. The molecule has 6 nitrogen and oxygen atoms in total. The molecule has 1 amide bonds. The number of hydrogen-bond donors (Lipinski definition) is 1. The lowest BCUT2D eigenvalue weighted by Gasteiger charge is -2.14. The van der Waals surface area contributed by atoms with Gasteiger partial charge in [0, 0.05) is 22.9 Å². The average molecular weight is 318 g/mol. The van der Waals surface area contributed by atoms with Crippen LogP contribution in [0.1, 0.15) is 5.56 Å². The van der Waals surface area contributed by atoms with Gasteiger partial charge in [-0.1, -0.05) is 29.5 Å². The molecule has 7 heteroatoms. The Bertz CT molecular complexity index is 716. The largest absolute Gasteiger partial charge is 0.465 e. The van der Waals surface area contributed by atoms with Crippen LogP contribution in [0.4, 0.5) is 16.2 Å². The summed E-state index contributed by atoms with van der Waals surface area (Å²) in [7, 11) is 1.28. The number of anilines is 1. The molecule has 0 unspecified atom stereocenters. The van der Waals surface area contributed by atoms with E-state index in [-0.39, 0.29) is 11.4 Å². The van der Waals surface area contributed by atoms with Gasteiger partial charge < -0.3 is 5.11 Å². The molecule has 0 atom stereocenters. The van der Waals surface area contributed by atoms with Gasteiger partial charge in [0.05, 0.1) is 4.92 Å². The minimum Gasteiger partial charge on any atom is -0.465 e. The smallest absolute Gasteiger partial charge is 0.411 e. The highest BCUT2D eigenvalue weighted by atomic mass is 32.2. The van der Waals surface area contributed by atoms with E-state index in [4.69, 9.17) is 5.11 Å². The van der Waals surface area contributed by atoms with Gasteiger partial charge >= 0.3 is 6.09 Å². The minimum atomic E-state index is -1.25. The Hall–Kier alpha value is -2.54. The average Bonchev–Trinajstić information content (AvgIpc) is 2.48. The summed E-state index contributed by atoms with van der Waals surface area (Å²) in [6, 6.07) is 12.3. The fourth-order valence-corrected chi connectivity index (χ4v) is 2.69. The Labute approximate surface area is 131 Å². The predicted octanol–water partition coefficient (Wildman–Crippen LogP) is 4.17. The first-order valence-corrected chi connectivity index (χ1v) is 7.20. The highest BCUT2D eigenvalue weighted by molar-refractivity contribution is 7.99. The molecule has 0 aliphatic heterocycles. The molecule has 2 rings (SSSR count). The summed E-state index contributed by atoms with van der Waals surface area (Å²) in [5.74, 6) is 0. The van der Waals surface area contributed by atoms with E-state index in [9.17, 15) is 14.9 Å². The molecule has 2 aromatic carbocycles. The first kappa shape index (κ1) is 15.8. The van der Waals surface area contributed by atoms with E-state index in [0.717, 1.165) is 20.3 Å². The zero-order valence-electron chi connectivity index (χ0n) is 12.0. The summed E-state index contributed by atoms with van der Waals surface area (Å²) < 4.78 is 0. The second-order valence-electron chi connectivity index (χ2n) is 4.66. The predicted molar refractivity (Wildman–Crippen MR) is 84.8 cm³/mol. The normalized spacial score (nSPS) is 10.3. The van der Waals surface area contributed by atoms with Crippen LogP contribution in [-0.4, -0.2) is 23.2 Å². The molecule has 0 saturated heterocycles. The topological polar surface area (TPSA) is 83.7 Å². The molecule has 2 aromatic rings. The summed E-state index contributed by atoms with van der Waals surface area (Å²) in [5, 5.41) is 20.1. The standard InChI is InChI=1S/C15H14N2O4S/c1-10-3-5-11(6-4-10)22-12-7-8-13(17(20)21)14(9-12)16(2)15(18)19/h3-9H,1-2H3,(H,18,19). The molecule has 0 aliphatic carbocycles. The second kappa shape index (κ2) is 6.48. The van der Waals surface area contributed by atoms with E-state index in [2.05, 4.69) is 0 Å². The van der Waals surface area contributed by atoms with Gasteiger partial charge in [-0.25, -0.2) is 4.79 Å². The number of carbonyl (C=O) groups is 1. The molecule has 0 heterocycles. The molecular formula is C15H14N2O4S. The first-order chi connectivity index (χ1) is 10.4. The van der Waals surface area contributed by atoms with Gasteiger partial charge in [-0.15, -0.1) is 0 Å². The summed E-state index contributed by atoms with van der Waals surface area (Å²) in [6.45, 7) is 1.99. The van der Waals surface area contributed by atoms with Crippen molar-refractivity contribution < 1.29 is 14.8 Å². The van der Waals surface area contributed by atoms with Crippen LogP contribution in [0.25, 0.3) is 0 Å². The fraction of sp³-hybridized carbons (Fsp3) is 0.133. The highest BCUT2D eigenvalue weighted by Crippen LogP contribution is 2.35. The van der Waals surface area contributed by atoms with Crippen molar-refractivity contribution in [2.45, 2.75) is 16.7 Å². The Kier molecular flexibility index (Phi) is 4.67. The van der Waals surface area contributed by atoms with Gasteiger partial charge in [0.25, 0.3) is 5.69 Å². The van der Waals surface area contributed by atoms with Gasteiger partial charge in [-0.2, -0.15) is 0 Å². The maximum absolute atomic E-state index is 11.1. The molecule has 0 aliphatic rings. The van der Waals surface area contributed by atoms with Crippen LogP contribution in [-0.2, 0) is 0 Å². The van der Waals surface area contributed by atoms with Crippen molar-refractivity contribution in [3.8, 4) is 0 Å². The SMILES string of the molecule is Cc1ccc(Sc2ccc([N+](=O)[O-])c(N(C)C(=O)O)c2)cc1. The first-order valence-electron chi connectivity index (χ1n) is 6.38. The molecule has 0 radical (unpaired) electrons. The van der Waals surface area contributed by atoms with Crippen LogP contribution < -0.4 is 4.90 Å². The Morgan fingerprint density at radius 3 is 2.32 bits per heavy atom. The van der Waals surface area contributed by atoms with Crippen LogP contribution in [0, 0.1) is 17.0 Å². The van der Waals surface area contributed by atoms with Gasteiger partial charge in [0.1, 0.15) is 5.69 Å². The molecule has 0 spiro atoms. The number of amides is 1. The van der Waals surface area contributed by atoms with Crippen molar-refractivity contribution in [3.05, 3.63) is 58.1 Å². The van der Waals surface area contributed by atoms with E-state index >= 15 is 0 Å². The maximum Gasteiger partial charge on any atom is 0.411 e. The highest BCUT2D eigenvalue weighted by Gasteiger charge is 2.21. The van der Waals surface area contributed by atoms with Crippen LogP contribution in [0.15, 0.2) is 52.3 Å². The van der Waals surface area contributed by atoms with Crippen LogP contribution in [0.5, 0.6) is 0 Å². The van der Waals surface area contributed by atoms with Crippen molar-refractivity contribution >= 4 is 29.2 Å². The zero-order chi connectivity index (χ0) is 16.3. The molecule has 0 fully saturated rings. The fourth-order valence-electron chi connectivity index (χ4n) is 1.84. The third kappa shape index (κ3) is 3.56. The molecule has 0 bridgehead atoms. The number of aryl methyl sites for hydroxylation is 1. The number of benzene rings is 2. The maximum atomic E-state index is 11.1. The van der Waals surface area contributed by atoms with Gasteiger partial charge in [-0.3, -0.25) is 15.0 Å². The Morgan fingerprint density at radius 1 is 1.18 bits per heavy atom. The molecule has 1 N–H and O–H groups in total. The van der Waals surface area contributed by atoms with Crippen LogP contribution in [0.3, 0.4) is 0 Å². The minimum absolute atomic E-state index is 0.0506. The van der Waals surface area contributed by atoms with E-state index in [1.165, 1.54) is 30.9 Å². The lowest BCUT2D eigenvalue weighted by atomic mass is 10.2. The summed E-state index contributed by atoms with van der Waals surface area (Å²) >= 11 is 1.42. The van der Waals surface area contributed by atoms with Crippen molar-refractivity contribution in [3.63, 3.8) is 0 Å². The third-order valence-corrected chi connectivity index (χ3v) is 4.05. The van der Waals surface area contributed by atoms with Crippen molar-refractivity contribution in [2.24, 2.45) is 0 Å². The number of carboxylic acid groups (broad SMARTS) is 1. The molecule has 0 aromatic heterocycles. The summed E-state index contributed by atoms with van der Waals surface area (Å²) in [5.41, 5.74) is 0.951. The summed E-state index contributed by atoms with van der Waals surface area (Å²) in [6.07, 6.45) is -1.25. The van der Waals surface area contributed by atoms with Crippen LogP contribution in [0.2, 0.25) is 0 Å². The molecule has 0 saturated carbocycles. The van der Waals surface area contributed by atoms with Gasteiger partial charge in [0.15, 0.2) is 0 Å². The van der Waals surface area contributed by atoms with E-state index in [0.29, 0.717) is 0 Å². The number of nitrogens with zero attached hydrogens (tertiary/aromatic N) is 2. The Balaban J connectivity index is 2.37. The van der Waals surface area contributed by atoms with E-state index < -0.39 is 11.0 Å². The Morgan fingerprint density at radius 2 is 1.77 bits per heavy atom. The number of nitro groups is 1. The van der Waals surface area contributed by atoms with E-state index in [1.54, 1.807) is 6.07 Å². The van der Waals surface area contributed by atoms with E-state index in [1.807, 2.05) is 31.2 Å². The lowest BCUT2D eigenvalue weighted by Crippen LogP contribution is -2.24. The quantitative estimate of drug-likeness (QED) is 0.675. The number of hydrogen-bond acceptors (Lipinski definition) is 4. The number of nitro benzene ring substituents is 1. The van der Waals surface area contributed by atoms with Gasteiger partial charge in [-0.05, 0) is 31.2 Å². The lowest BCUT2D eigenvalue weighted by molar-refractivity contribution is -0.384. The van der Waals surface area contributed by atoms with Crippen molar-refractivity contribution in [2.75, 3.05) is 11.9 Å². The van der Waals surface area contributed by atoms with Crippen molar-refractivity contribution in [1.29, 1.82) is 0 Å². The zero-order valence-corrected chi connectivity index (χ0v) is 12.8. The second-order valence-corrected chi connectivity index (χ2v) is 5.81. The third-order valence-electron chi connectivity index (χ3n) is 3.05. The summed E-state index contributed by atoms with van der Waals surface area (Å²) in [4.78, 5) is 24.1. The molecule has 22 heavy (non-hydrogen) atoms. The van der Waals surface area contributed by atoms with Gasteiger partial charge in [0.2, 0.25) is 0 Å².